The van der Waals surface area contributed by atoms with Crippen LogP contribution in [-0.4, -0.2) is 67.8 Å². The largest absolute Gasteiger partial charge is 0.493 e. The minimum Gasteiger partial charge on any atom is -0.493 e. The molecular weight excluding hydrogens is 364 g/mol. The van der Waals surface area contributed by atoms with Crippen LogP contribution in [0.25, 0.3) is 0 Å². The maximum absolute atomic E-state index is 12.6. The summed E-state index contributed by atoms with van der Waals surface area (Å²) < 4.78 is 10.5. The number of carbonyl (C=O) groups excluding carboxylic acids is 1. The first-order valence-electron chi connectivity index (χ1n) is 9.03. The summed E-state index contributed by atoms with van der Waals surface area (Å²) in [4.78, 5) is 17.7. The van der Waals surface area contributed by atoms with Crippen molar-refractivity contribution < 1.29 is 19.4 Å². The van der Waals surface area contributed by atoms with Gasteiger partial charge in [0.05, 0.1) is 20.6 Å². The van der Waals surface area contributed by atoms with Gasteiger partial charge in [-0.1, -0.05) is 12.1 Å². The SMILES string of the molecule is COc1ccc(CC(=O)N2CCN(C[C@H](O)c3cccs3)CC2)cc1OC. The summed E-state index contributed by atoms with van der Waals surface area (Å²) in [6, 6.07) is 9.48. The molecule has 3 rings (SSSR count). The van der Waals surface area contributed by atoms with Gasteiger partial charge in [0.15, 0.2) is 11.5 Å². The van der Waals surface area contributed by atoms with Gasteiger partial charge in [0.2, 0.25) is 5.91 Å². The number of hydrogen-bond donors (Lipinski definition) is 1. The number of hydrogen-bond acceptors (Lipinski definition) is 6. The lowest BCUT2D eigenvalue weighted by Gasteiger charge is -2.35. The highest BCUT2D eigenvalue weighted by atomic mass is 32.1. The standard InChI is InChI=1S/C20H26N2O4S/c1-25-17-6-5-15(12-18(17)26-2)13-20(24)22-9-7-21(8-10-22)14-16(23)19-4-3-11-27-19/h3-6,11-12,16,23H,7-10,13-14H2,1-2H3/t16-/m0/s1. The molecule has 1 aliphatic heterocycles. The third-order valence-corrected chi connectivity index (χ3v) is 5.80. The first-order chi connectivity index (χ1) is 13.1. The Bertz CT molecular complexity index is 742. The van der Waals surface area contributed by atoms with Crippen LogP contribution in [0.15, 0.2) is 35.7 Å². The minimum atomic E-state index is -0.459. The fourth-order valence-corrected chi connectivity index (χ4v) is 3.98. The summed E-state index contributed by atoms with van der Waals surface area (Å²) in [6.07, 6.45) is -0.114. The van der Waals surface area contributed by atoms with Crippen LogP contribution in [0.3, 0.4) is 0 Å². The van der Waals surface area contributed by atoms with E-state index in [1.54, 1.807) is 25.6 Å². The van der Waals surface area contributed by atoms with Gasteiger partial charge in [-0.2, -0.15) is 0 Å². The molecule has 1 amide bonds. The Hall–Kier alpha value is -2.09. The van der Waals surface area contributed by atoms with E-state index in [1.807, 2.05) is 40.6 Å². The van der Waals surface area contributed by atoms with Gasteiger partial charge in [-0.15, -0.1) is 11.3 Å². The molecule has 1 atom stereocenters. The summed E-state index contributed by atoms with van der Waals surface area (Å²) >= 11 is 1.57. The number of ether oxygens (including phenoxy) is 2. The molecule has 1 aliphatic rings. The average molecular weight is 391 g/mol. The van der Waals surface area contributed by atoms with Crippen molar-refractivity contribution in [3.05, 3.63) is 46.2 Å². The first-order valence-corrected chi connectivity index (χ1v) is 9.91. The molecule has 146 valence electrons. The number of aliphatic hydroxyl groups is 1. The van der Waals surface area contributed by atoms with Crippen molar-refractivity contribution in [3.8, 4) is 11.5 Å². The monoisotopic (exact) mass is 390 g/mol. The molecule has 0 aliphatic carbocycles. The molecular formula is C20H26N2O4S. The van der Waals surface area contributed by atoms with Gasteiger partial charge in [0.25, 0.3) is 0 Å². The quantitative estimate of drug-likeness (QED) is 0.785. The van der Waals surface area contributed by atoms with Crippen molar-refractivity contribution in [1.82, 2.24) is 9.80 Å². The van der Waals surface area contributed by atoms with E-state index in [0.29, 0.717) is 37.6 Å². The number of amides is 1. The van der Waals surface area contributed by atoms with E-state index in [0.717, 1.165) is 23.5 Å². The predicted octanol–water partition coefficient (Wildman–Crippen LogP) is 2.19. The second-order valence-corrected chi connectivity index (χ2v) is 7.56. The zero-order chi connectivity index (χ0) is 19.2. The van der Waals surface area contributed by atoms with Crippen LogP contribution < -0.4 is 9.47 Å². The number of piperazine rings is 1. The molecule has 1 aromatic heterocycles. The predicted molar refractivity (Wildman–Crippen MR) is 106 cm³/mol. The molecule has 27 heavy (non-hydrogen) atoms. The summed E-state index contributed by atoms with van der Waals surface area (Å²) in [5.74, 6) is 1.41. The second kappa shape index (κ2) is 9.21. The zero-order valence-electron chi connectivity index (χ0n) is 15.8. The Morgan fingerprint density at radius 1 is 1.15 bits per heavy atom. The highest BCUT2D eigenvalue weighted by Crippen LogP contribution is 2.28. The highest BCUT2D eigenvalue weighted by molar-refractivity contribution is 7.10. The minimum absolute atomic E-state index is 0.112. The van der Waals surface area contributed by atoms with Gasteiger partial charge in [-0.3, -0.25) is 9.69 Å². The lowest BCUT2D eigenvalue weighted by Crippen LogP contribution is -2.49. The second-order valence-electron chi connectivity index (χ2n) is 6.58. The normalized spacial score (nSPS) is 16.2. The molecule has 0 bridgehead atoms. The van der Waals surface area contributed by atoms with Crippen LogP contribution in [0.2, 0.25) is 0 Å². The van der Waals surface area contributed by atoms with Crippen molar-refractivity contribution >= 4 is 17.2 Å². The van der Waals surface area contributed by atoms with Gasteiger partial charge in [0, 0.05) is 37.6 Å². The molecule has 0 radical (unpaired) electrons. The molecule has 1 saturated heterocycles. The van der Waals surface area contributed by atoms with Crippen molar-refractivity contribution in [2.75, 3.05) is 46.9 Å². The number of thiophene rings is 1. The lowest BCUT2D eigenvalue weighted by molar-refractivity contribution is -0.132. The molecule has 2 aromatic rings. The third kappa shape index (κ3) is 5.00. The molecule has 1 aromatic carbocycles. The average Bonchev–Trinajstić information content (AvgIpc) is 3.23. The Kier molecular flexibility index (Phi) is 6.71. The highest BCUT2D eigenvalue weighted by Gasteiger charge is 2.23. The zero-order valence-corrected chi connectivity index (χ0v) is 16.6. The summed E-state index contributed by atoms with van der Waals surface area (Å²) in [7, 11) is 3.19. The Morgan fingerprint density at radius 2 is 1.89 bits per heavy atom. The fraction of sp³-hybridized carbons (Fsp3) is 0.450. The Morgan fingerprint density at radius 3 is 2.52 bits per heavy atom. The van der Waals surface area contributed by atoms with Crippen molar-refractivity contribution in [2.45, 2.75) is 12.5 Å². The number of methoxy groups -OCH3 is 2. The molecule has 0 spiro atoms. The lowest BCUT2D eigenvalue weighted by atomic mass is 10.1. The molecule has 7 heteroatoms. The Balaban J connectivity index is 1.50. The number of benzene rings is 1. The van der Waals surface area contributed by atoms with Crippen LogP contribution in [0.5, 0.6) is 11.5 Å². The summed E-state index contributed by atoms with van der Waals surface area (Å²) in [5.41, 5.74) is 0.910. The van der Waals surface area contributed by atoms with Crippen LogP contribution in [-0.2, 0) is 11.2 Å². The maximum atomic E-state index is 12.6. The van der Waals surface area contributed by atoms with Gasteiger partial charge < -0.3 is 19.5 Å². The Labute approximate surface area is 163 Å². The van der Waals surface area contributed by atoms with Crippen LogP contribution in [0, 0.1) is 0 Å². The number of rotatable bonds is 7. The van der Waals surface area contributed by atoms with E-state index >= 15 is 0 Å². The van der Waals surface area contributed by atoms with E-state index in [-0.39, 0.29) is 5.91 Å². The number of aliphatic hydroxyl groups excluding tert-OH is 1. The summed E-state index contributed by atoms with van der Waals surface area (Å²) in [5, 5.41) is 12.3. The van der Waals surface area contributed by atoms with Gasteiger partial charge in [0.1, 0.15) is 6.10 Å². The van der Waals surface area contributed by atoms with Crippen LogP contribution >= 0.6 is 11.3 Å². The smallest absolute Gasteiger partial charge is 0.227 e. The molecule has 2 heterocycles. The van der Waals surface area contributed by atoms with E-state index < -0.39 is 6.10 Å². The topological polar surface area (TPSA) is 62.2 Å². The fourth-order valence-electron chi connectivity index (χ4n) is 3.27. The van der Waals surface area contributed by atoms with E-state index in [2.05, 4.69) is 4.90 Å². The van der Waals surface area contributed by atoms with E-state index in [4.69, 9.17) is 9.47 Å². The van der Waals surface area contributed by atoms with Crippen LogP contribution in [0.4, 0.5) is 0 Å². The molecule has 1 N–H and O–H groups in total. The molecule has 0 unspecified atom stereocenters. The summed E-state index contributed by atoms with van der Waals surface area (Å²) in [6.45, 7) is 3.53. The molecule has 6 nitrogen and oxygen atoms in total. The molecule has 1 fully saturated rings. The first kappa shape index (κ1) is 19.7. The third-order valence-electron chi connectivity index (χ3n) is 4.83. The van der Waals surface area contributed by atoms with Crippen molar-refractivity contribution in [3.63, 3.8) is 0 Å². The van der Waals surface area contributed by atoms with Crippen LogP contribution in [0.1, 0.15) is 16.5 Å². The van der Waals surface area contributed by atoms with Crippen molar-refractivity contribution in [2.24, 2.45) is 0 Å². The maximum Gasteiger partial charge on any atom is 0.227 e. The van der Waals surface area contributed by atoms with E-state index in [9.17, 15) is 9.90 Å². The molecule has 0 saturated carbocycles. The van der Waals surface area contributed by atoms with Gasteiger partial charge in [-0.25, -0.2) is 0 Å². The van der Waals surface area contributed by atoms with Gasteiger partial charge in [-0.05, 0) is 29.1 Å². The number of β-amino-alcohol motifs (C(OH)–C–C–N with tert-alkyl or cyclic N) is 1. The number of nitrogens with zero attached hydrogens (tertiary/aromatic N) is 2. The van der Waals surface area contributed by atoms with Crippen molar-refractivity contribution in [1.29, 1.82) is 0 Å². The number of carbonyl (C=O) groups is 1. The van der Waals surface area contributed by atoms with Gasteiger partial charge >= 0.3 is 0 Å². The van der Waals surface area contributed by atoms with E-state index in [1.165, 1.54) is 0 Å².